The maximum atomic E-state index is 6.15. The SMILES string of the molecule is CC1(C)OB(c2cc(-c3ccnc(B4OC(C)(C)C(C)(C)O4)c3)ccn2)OC1(C)C. The third kappa shape index (κ3) is 3.60. The molecule has 30 heavy (non-hydrogen) atoms. The number of hydrogen-bond donors (Lipinski definition) is 0. The van der Waals surface area contributed by atoms with Gasteiger partial charge in [0, 0.05) is 12.4 Å². The van der Waals surface area contributed by atoms with Gasteiger partial charge in [0.25, 0.3) is 0 Å². The first-order valence-corrected chi connectivity index (χ1v) is 10.4. The molecule has 0 aliphatic carbocycles. The molecule has 0 saturated carbocycles. The van der Waals surface area contributed by atoms with Crippen LogP contribution in [0.5, 0.6) is 0 Å². The fraction of sp³-hybridized carbons (Fsp3) is 0.545. The van der Waals surface area contributed by atoms with Crippen LogP contribution in [-0.4, -0.2) is 46.6 Å². The summed E-state index contributed by atoms with van der Waals surface area (Å²) >= 11 is 0. The minimum atomic E-state index is -0.501. The molecular weight excluding hydrogens is 378 g/mol. The molecule has 2 aromatic rings. The Labute approximate surface area is 180 Å². The normalized spacial score (nSPS) is 23.7. The smallest absolute Gasteiger partial charge is 0.398 e. The van der Waals surface area contributed by atoms with Crippen molar-refractivity contribution in [2.75, 3.05) is 0 Å². The Bertz CT molecular complexity index is 852. The van der Waals surface area contributed by atoms with E-state index in [0.717, 1.165) is 22.3 Å². The molecule has 4 heterocycles. The molecule has 2 aliphatic rings. The van der Waals surface area contributed by atoms with Gasteiger partial charge in [-0.3, -0.25) is 9.97 Å². The summed E-state index contributed by atoms with van der Waals surface area (Å²) in [5.41, 5.74) is 1.89. The van der Waals surface area contributed by atoms with E-state index in [1.54, 1.807) is 12.4 Å². The standard InChI is InChI=1S/C22H30B2N2O4/c1-19(2)20(3,4)28-23(27-19)17-13-15(9-11-25-17)16-10-12-26-18(14-16)24-29-21(5,6)22(7,8)30-24/h9-14H,1-8H3. The van der Waals surface area contributed by atoms with Crippen molar-refractivity contribution in [1.29, 1.82) is 0 Å². The van der Waals surface area contributed by atoms with Crippen LogP contribution in [0.15, 0.2) is 36.7 Å². The summed E-state index contributed by atoms with van der Waals surface area (Å²) in [7, 11) is -1.00. The van der Waals surface area contributed by atoms with Gasteiger partial charge in [-0.1, -0.05) is 0 Å². The molecule has 158 valence electrons. The third-order valence-corrected chi connectivity index (χ3v) is 6.88. The van der Waals surface area contributed by atoms with Crippen LogP contribution in [-0.2, 0) is 18.6 Å². The molecule has 2 aliphatic heterocycles. The van der Waals surface area contributed by atoms with Crippen molar-refractivity contribution in [3.05, 3.63) is 36.7 Å². The van der Waals surface area contributed by atoms with E-state index in [-0.39, 0.29) is 0 Å². The van der Waals surface area contributed by atoms with Crippen LogP contribution < -0.4 is 11.2 Å². The zero-order valence-electron chi connectivity index (χ0n) is 19.1. The first-order chi connectivity index (χ1) is 13.8. The number of rotatable bonds is 3. The van der Waals surface area contributed by atoms with Crippen LogP contribution in [0, 0.1) is 0 Å². The van der Waals surface area contributed by atoms with Crippen LogP contribution in [0.25, 0.3) is 11.1 Å². The van der Waals surface area contributed by atoms with Crippen molar-refractivity contribution in [3.63, 3.8) is 0 Å². The quantitative estimate of drug-likeness (QED) is 0.729. The Hall–Kier alpha value is -1.73. The molecule has 6 nitrogen and oxygen atoms in total. The Morgan fingerprint density at radius 3 is 1.17 bits per heavy atom. The summed E-state index contributed by atoms with van der Waals surface area (Å²) in [4.78, 5) is 9.00. The highest BCUT2D eigenvalue weighted by molar-refractivity contribution is 6.61. The predicted molar refractivity (Wildman–Crippen MR) is 119 cm³/mol. The van der Waals surface area contributed by atoms with Crippen molar-refractivity contribution in [3.8, 4) is 11.1 Å². The van der Waals surface area contributed by atoms with E-state index in [2.05, 4.69) is 9.97 Å². The summed E-state index contributed by atoms with van der Waals surface area (Å²) < 4.78 is 24.6. The van der Waals surface area contributed by atoms with E-state index in [0.29, 0.717) is 0 Å². The first kappa shape index (κ1) is 21.5. The number of pyridine rings is 2. The summed E-state index contributed by atoms with van der Waals surface area (Å²) in [6.45, 7) is 16.3. The molecule has 4 rings (SSSR count). The average Bonchev–Trinajstić information content (AvgIpc) is 3.02. The Morgan fingerprint density at radius 1 is 0.567 bits per heavy atom. The van der Waals surface area contributed by atoms with Crippen LogP contribution >= 0.6 is 0 Å². The topological polar surface area (TPSA) is 62.7 Å². The van der Waals surface area contributed by atoms with Gasteiger partial charge in [0.05, 0.1) is 33.6 Å². The lowest BCUT2D eigenvalue weighted by molar-refractivity contribution is 0.00578. The van der Waals surface area contributed by atoms with Crippen LogP contribution in [0.4, 0.5) is 0 Å². The Balaban J connectivity index is 1.61. The van der Waals surface area contributed by atoms with Gasteiger partial charge in [-0.2, -0.15) is 0 Å². The van der Waals surface area contributed by atoms with Crippen LogP contribution in [0.3, 0.4) is 0 Å². The molecule has 0 N–H and O–H groups in total. The molecule has 0 unspecified atom stereocenters. The molecule has 0 atom stereocenters. The highest BCUT2D eigenvalue weighted by Gasteiger charge is 2.53. The molecule has 8 heteroatoms. The van der Waals surface area contributed by atoms with Gasteiger partial charge >= 0.3 is 14.2 Å². The highest BCUT2D eigenvalue weighted by Crippen LogP contribution is 2.37. The van der Waals surface area contributed by atoms with Crippen molar-refractivity contribution >= 4 is 25.4 Å². The Kier molecular flexibility index (Phi) is 4.94. The van der Waals surface area contributed by atoms with Gasteiger partial charge in [-0.05, 0) is 90.8 Å². The second-order valence-electron chi connectivity index (χ2n) is 10.1. The summed E-state index contributed by atoms with van der Waals surface area (Å²) in [6, 6.07) is 7.95. The predicted octanol–water partition coefficient (Wildman–Crippen LogP) is 2.74. The van der Waals surface area contributed by atoms with Gasteiger partial charge in [0.2, 0.25) is 0 Å². The number of hydrogen-bond acceptors (Lipinski definition) is 6. The molecule has 2 fully saturated rings. The monoisotopic (exact) mass is 408 g/mol. The van der Waals surface area contributed by atoms with Crippen LogP contribution in [0.1, 0.15) is 55.4 Å². The molecule has 0 spiro atoms. The van der Waals surface area contributed by atoms with Crippen LogP contribution in [0.2, 0.25) is 0 Å². The summed E-state index contributed by atoms with van der Waals surface area (Å²) in [5.74, 6) is 0. The van der Waals surface area contributed by atoms with E-state index in [1.165, 1.54) is 0 Å². The van der Waals surface area contributed by atoms with Gasteiger partial charge in [-0.15, -0.1) is 0 Å². The second-order valence-corrected chi connectivity index (χ2v) is 10.1. The average molecular weight is 408 g/mol. The lowest BCUT2D eigenvalue weighted by atomic mass is 9.81. The fourth-order valence-electron chi connectivity index (χ4n) is 3.44. The number of aromatic nitrogens is 2. The lowest BCUT2D eigenvalue weighted by Crippen LogP contribution is -2.41. The minimum absolute atomic E-state index is 0.407. The first-order valence-electron chi connectivity index (χ1n) is 10.4. The van der Waals surface area contributed by atoms with Gasteiger partial charge in [-0.25, -0.2) is 0 Å². The molecule has 0 radical (unpaired) electrons. The summed E-state index contributed by atoms with van der Waals surface area (Å²) in [6.07, 6.45) is 3.56. The van der Waals surface area contributed by atoms with E-state index in [4.69, 9.17) is 18.6 Å². The maximum absolute atomic E-state index is 6.15. The van der Waals surface area contributed by atoms with Gasteiger partial charge in [0.15, 0.2) is 0 Å². The molecule has 0 aromatic carbocycles. The van der Waals surface area contributed by atoms with Crippen molar-refractivity contribution in [1.82, 2.24) is 9.97 Å². The fourth-order valence-corrected chi connectivity index (χ4v) is 3.44. The zero-order valence-corrected chi connectivity index (χ0v) is 19.1. The van der Waals surface area contributed by atoms with E-state index in [1.807, 2.05) is 79.7 Å². The molecule has 0 bridgehead atoms. The van der Waals surface area contributed by atoms with E-state index < -0.39 is 36.6 Å². The van der Waals surface area contributed by atoms with Gasteiger partial charge < -0.3 is 18.6 Å². The van der Waals surface area contributed by atoms with Crippen molar-refractivity contribution < 1.29 is 18.6 Å². The summed E-state index contributed by atoms with van der Waals surface area (Å²) in [5, 5.41) is 0. The van der Waals surface area contributed by atoms with Crippen molar-refractivity contribution in [2.45, 2.75) is 77.8 Å². The van der Waals surface area contributed by atoms with E-state index >= 15 is 0 Å². The minimum Gasteiger partial charge on any atom is -0.398 e. The molecule has 0 amide bonds. The third-order valence-electron chi connectivity index (χ3n) is 6.88. The molecular formula is C22H30B2N2O4. The van der Waals surface area contributed by atoms with Gasteiger partial charge in [0.1, 0.15) is 0 Å². The number of nitrogens with zero attached hydrogens (tertiary/aromatic N) is 2. The molecule has 2 aromatic heterocycles. The highest BCUT2D eigenvalue weighted by atomic mass is 16.7. The Morgan fingerprint density at radius 2 is 0.867 bits per heavy atom. The largest absolute Gasteiger partial charge is 0.514 e. The maximum Gasteiger partial charge on any atom is 0.514 e. The molecule has 2 saturated heterocycles. The van der Waals surface area contributed by atoms with Crippen molar-refractivity contribution in [2.24, 2.45) is 0 Å². The lowest BCUT2D eigenvalue weighted by Gasteiger charge is -2.32. The zero-order chi connectivity index (χ0) is 21.9. The second kappa shape index (κ2) is 6.89. The van der Waals surface area contributed by atoms with E-state index in [9.17, 15) is 0 Å².